The highest BCUT2D eigenvalue weighted by Gasteiger charge is 2.41. The first-order valence-electron chi connectivity index (χ1n) is 9.84. The fourth-order valence-corrected chi connectivity index (χ4v) is 5.14. The highest BCUT2D eigenvalue weighted by molar-refractivity contribution is 5.15. The Kier molecular flexibility index (Phi) is 4.68. The second kappa shape index (κ2) is 6.78. The van der Waals surface area contributed by atoms with Gasteiger partial charge in [-0.1, -0.05) is 37.3 Å². The van der Waals surface area contributed by atoms with E-state index in [1.165, 1.54) is 77.1 Å². The minimum absolute atomic E-state index is 0.513. The summed E-state index contributed by atoms with van der Waals surface area (Å²) in [6.07, 6.45) is 5.57. The molecule has 0 amide bonds. The summed E-state index contributed by atoms with van der Waals surface area (Å²) in [5, 5.41) is 3.55. The molecule has 1 aromatic rings. The molecule has 3 heterocycles. The number of hydrogen-bond donors (Lipinski definition) is 1. The van der Waals surface area contributed by atoms with Crippen LogP contribution in [0.4, 0.5) is 0 Å². The molecule has 1 unspecified atom stereocenters. The van der Waals surface area contributed by atoms with E-state index in [0.717, 1.165) is 6.54 Å². The van der Waals surface area contributed by atoms with Crippen LogP contribution < -0.4 is 5.32 Å². The molecule has 3 nitrogen and oxygen atoms in total. The highest BCUT2D eigenvalue weighted by Crippen LogP contribution is 2.41. The molecule has 3 saturated heterocycles. The Morgan fingerprint density at radius 1 is 0.958 bits per heavy atom. The molecule has 1 spiro atoms. The van der Waals surface area contributed by atoms with Gasteiger partial charge in [0.15, 0.2) is 0 Å². The summed E-state index contributed by atoms with van der Waals surface area (Å²) >= 11 is 0. The Hall–Kier alpha value is -0.900. The third-order valence-electron chi connectivity index (χ3n) is 6.75. The van der Waals surface area contributed by atoms with Gasteiger partial charge in [-0.15, -0.1) is 0 Å². The predicted molar refractivity (Wildman–Crippen MR) is 100 cm³/mol. The molecular weight excluding hydrogens is 294 g/mol. The zero-order valence-electron chi connectivity index (χ0n) is 15.3. The Balaban J connectivity index is 1.28. The van der Waals surface area contributed by atoms with Gasteiger partial charge in [0.1, 0.15) is 0 Å². The van der Waals surface area contributed by atoms with Gasteiger partial charge in [-0.05, 0) is 68.3 Å². The largest absolute Gasteiger partial charge is 0.316 e. The lowest BCUT2D eigenvalue weighted by molar-refractivity contribution is 0.0782. The van der Waals surface area contributed by atoms with Crippen LogP contribution >= 0.6 is 0 Å². The summed E-state index contributed by atoms with van der Waals surface area (Å²) < 4.78 is 0. The average molecular weight is 328 g/mol. The Morgan fingerprint density at radius 3 is 2.33 bits per heavy atom. The van der Waals surface area contributed by atoms with Crippen molar-refractivity contribution in [2.45, 2.75) is 39.2 Å². The first-order chi connectivity index (χ1) is 11.6. The van der Waals surface area contributed by atoms with Gasteiger partial charge in [0.25, 0.3) is 0 Å². The Labute approximate surface area is 147 Å². The summed E-state index contributed by atoms with van der Waals surface area (Å²) in [5.74, 6) is 0. The lowest BCUT2D eigenvalue weighted by Gasteiger charge is -2.42. The third kappa shape index (κ3) is 3.68. The number of hydrogen-bond acceptors (Lipinski definition) is 3. The molecule has 0 aromatic heterocycles. The molecule has 4 rings (SSSR count). The van der Waals surface area contributed by atoms with E-state index >= 15 is 0 Å². The van der Waals surface area contributed by atoms with Crippen LogP contribution in [-0.4, -0.2) is 55.6 Å². The summed E-state index contributed by atoms with van der Waals surface area (Å²) in [4.78, 5) is 5.44. The van der Waals surface area contributed by atoms with Gasteiger partial charge >= 0.3 is 0 Å². The van der Waals surface area contributed by atoms with Crippen molar-refractivity contribution >= 4 is 0 Å². The minimum Gasteiger partial charge on any atom is -0.316 e. The lowest BCUT2D eigenvalue weighted by Crippen LogP contribution is -2.46. The molecule has 3 fully saturated rings. The standard InChI is InChI=1S/C21H33N3/c1-20(7-11-22-16-20)17-23-12-8-21(9-13-23)10-14-24(18-21)15-19-5-3-2-4-6-19/h2-6,22H,7-18H2,1H3. The Morgan fingerprint density at radius 2 is 1.67 bits per heavy atom. The van der Waals surface area contributed by atoms with Crippen LogP contribution in [0.3, 0.4) is 0 Å². The summed E-state index contributed by atoms with van der Waals surface area (Å²) in [6, 6.07) is 11.0. The number of nitrogens with one attached hydrogen (secondary N) is 1. The molecule has 3 aliphatic heterocycles. The van der Waals surface area contributed by atoms with E-state index in [9.17, 15) is 0 Å². The number of rotatable bonds is 4. The number of likely N-dealkylation sites (tertiary alicyclic amines) is 2. The zero-order chi connectivity index (χ0) is 16.5. The monoisotopic (exact) mass is 327 g/mol. The molecule has 1 atom stereocenters. The number of benzene rings is 1. The first-order valence-corrected chi connectivity index (χ1v) is 9.84. The van der Waals surface area contributed by atoms with Gasteiger partial charge in [-0.2, -0.15) is 0 Å². The van der Waals surface area contributed by atoms with E-state index in [1.807, 2.05) is 0 Å². The molecule has 0 saturated carbocycles. The SMILES string of the molecule is CC1(CN2CCC3(CC2)CCN(Cc2ccccc2)C3)CCNC1. The maximum absolute atomic E-state index is 3.55. The van der Waals surface area contributed by atoms with Crippen LogP contribution in [0.5, 0.6) is 0 Å². The van der Waals surface area contributed by atoms with E-state index < -0.39 is 0 Å². The van der Waals surface area contributed by atoms with Crippen molar-refractivity contribution < 1.29 is 0 Å². The van der Waals surface area contributed by atoms with Crippen molar-refractivity contribution in [1.82, 2.24) is 15.1 Å². The van der Waals surface area contributed by atoms with Gasteiger partial charge < -0.3 is 10.2 Å². The van der Waals surface area contributed by atoms with Gasteiger partial charge in [0.05, 0.1) is 0 Å². The fourth-order valence-electron chi connectivity index (χ4n) is 5.14. The maximum atomic E-state index is 3.55. The maximum Gasteiger partial charge on any atom is 0.0233 e. The molecule has 1 aromatic carbocycles. The van der Waals surface area contributed by atoms with Crippen LogP contribution in [-0.2, 0) is 6.54 Å². The Bertz CT molecular complexity index is 527. The minimum atomic E-state index is 0.513. The quantitative estimate of drug-likeness (QED) is 0.917. The first kappa shape index (κ1) is 16.6. The molecule has 3 aliphatic rings. The van der Waals surface area contributed by atoms with Crippen LogP contribution in [0, 0.1) is 10.8 Å². The normalized spacial score (nSPS) is 31.0. The van der Waals surface area contributed by atoms with Crippen LogP contribution in [0.1, 0.15) is 38.2 Å². The van der Waals surface area contributed by atoms with Crippen LogP contribution in [0.15, 0.2) is 30.3 Å². The summed E-state index contributed by atoms with van der Waals surface area (Å²) in [5.41, 5.74) is 2.59. The van der Waals surface area contributed by atoms with E-state index in [2.05, 4.69) is 52.4 Å². The summed E-state index contributed by atoms with van der Waals surface area (Å²) in [7, 11) is 0. The molecule has 24 heavy (non-hydrogen) atoms. The van der Waals surface area contributed by atoms with E-state index in [4.69, 9.17) is 0 Å². The second-order valence-corrected chi connectivity index (χ2v) is 8.96. The zero-order valence-corrected chi connectivity index (χ0v) is 15.3. The summed E-state index contributed by atoms with van der Waals surface area (Å²) in [6.45, 7) is 12.5. The molecule has 1 N–H and O–H groups in total. The fraction of sp³-hybridized carbons (Fsp3) is 0.714. The lowest BCUT2D eigenvalue weighted by atomic mass is 9.77. The smallest absolute Gasteiger partial charge is 0.0233 e. The van der Waals surface area contributed by atoms with Crippen molar-refractivity contribution in [2.24, 2.45) is 10.8 Å². The van der Waals surface area contributed by atoms with E-state index in [-0.39, 0.29) is 0 Å². The molecular formula is C21H33N3. The highest BCUT2D eigenvalue weighted by atomic mass is 15.2. The van der Waals surface area contributed by atoms with Crippen molar-refractivity contribution in [3.05, 3.63) is 35.9 Å². The third-order valence-corrected chi connectivity index (χ3v) is 6.75. The molecule has 0 aliphatic carbocycles. The molecule has 0 radical (unpaired) electrons. The van der Waals surface area contributed by atoms with Crippen LogP contribution in [0.25, 0.3) is 0 Å². The molecule has 132 valence electrons. The topological polar surface area (TPSA) is 18.5 Å². The van der Waals surface area contributed by atoms with Crippen molar-refractivity contribution in [3.8, 4) is 0 Å². The van der Waals surface area contributed by atoms with Gasteiger partial charge in [-0.3, -0.25) is 4.90 Å². The molecule has 3 heteroatoms. The van der Waals surface area contributed by atoms with Crippen molar-refractivity contribution in [2.75, 3.05) is 45.8 Å². The van der Waals surface area contributed by atoms with Gasteiger partial charge in [0, 0.05) is 26.2 Å². The number of nitrogens with zero attached hydrogens (tertiary/aromatic N) is 2. The second-order valence-electron chi connectivity index (χ2n) is 8.96. The van der Waals surface area contributed by atoms with Gasteiger partial charge in [0.2, 0.25) is 0 Å². The van der Waals surface area contributed by atoms with Crippen LogP contribution in [0.2, 0.25) is 0 Å². The van der Waals surface area contributed by atoms with E-state index in [1.54, 1.807) is 0 Å². The van der Waals surface area contributed by atoms with Crippen molar-refractivity contribution in [3.63, 3.8) is 0 Å². The average Bonchev–Trinajstić information content (AvgIpc) is 3.18. The van der Waals surface area contributed by atoms with Gasteiger partial charge in [-0.25, -0.2) is 0 Å². The molecule has 0 bridgehead atoms. The predicted octanol–water partition coefficient (Wildman–Crippen LogP) is 2.97. The van der Waals surface area contributed by atoms with Crippen molar-refractivity contribution in [1.29, 1.82) is 0 Å². The van der Waals surface area contributed by atoms with E-state index in [0.29, 0.717) is 10.8 Å². The number of piperidine rings is 1.